The summed E-state index contributed by atoms with van der Waals surface area (Å²) in [6.07, 6.45) is -1.45. The van der Waals surface area contributed by atoms with Crippen molar-refractivity contribution in [3.05, 3.63) is 47.0 Å². The molecule has 2 atom stereocenters. The predicted octanol–water partition coefficient (Wildman–Crippen LogP) is 7.50. The molecule has 0 bridgehead atoms. The van der Waals surface area contributed by atoms with E-state index in [4.69, 9.17) is 4.74 Å². The molecule has 0 fully saturated rings. The van der Waals surface area contributed by atoms with Gasteiger partial charge >= 0.3 is 12.1 Å². The highest BCUT2D eigenvalue weighted by Crippen LogP contribution is 2.48. The fraction of sp³-hybridized carbons (Fsp3) is 0.435. The first-order valence-electron chi connectivity index (χ1n) is 11.6. The largest absolute Gasteiger partial charge is 0.462 e. The topological polar surface area (TPSA) is 85.2 Å². The van der Waals surface area contributed by atoms with Gasteiger partial charge in [-0.3, -0.25) is 4.79 Å². The maximum atomic E-state index is 14.1. The highest BCUT2D eigenvalue weighted by atomic mass is 79.9. The second-order valence-corrected chi connectivity index (χ2v) is 13.1. The van der Waals surface area contributed by atoms with E-state index in [1.54, 1.807) is 19.1 Å². The molecule has 2 aliphatic rings. The summed E-state index contributed by atoms with van der Waals surface area (Å²) in [5.74, 6) is -1.16. The molecule has 2 unspecified atom stereocenters. The van der Waals surface area contributed by atoms with Gasteiger partial charge in [0.2, 0.25) is 0 Å². The molecule has 0 radical (unpaired) electrons. The maximum absolute atomic E-state index is 14.1. The molecule has 2 N–H and O–H groups in total. The number of carbonyl (C=O) groups is 2. The number of esters is 1. The zero-order valence-corrected chi connectivity index (χ0v) is 24.2. The number of aromatic nitrogens is 2. The van der Waals surface area contributed by atoms with Crippen molar-refractivity contribution in [1.82, 2.24) is 9.78 Å². The van der Waals surface area contributed by atoms with E-state index in [-0.39, 0.29) is 29.0 Å². The van der Waals surface area contributed by atoms with Gasteiger partial charge in [-0.1, -0.05) is 0 Å². The van der Waals surface area contributed by atoms with Gasteiger partial charge in [-0.2, -0.15) is 18.3 Å². The number of fused-ring (bicyclic) bond motifs is 2. The minimum absolute atomic E-state index is 0.0735. The zero-order valence-electron chi connectivity index (χ0n) is 19.4. The van der Waals surface area contributed by atoms with Crippen LogP contribution in [0.4, 0.5) is 24.0 Å². The fourth-order valence-electron chi connectivity index (χ4n) is 4.67. The van der Waals surface area contributed by atoms with Crippen molar-refractivity contribution in [3.8, 4) is 0 Å². The van der Waals surface area contributed by atoms with Gasteiger partial charge < -0.3 is 15.4 Å². The minimum Gasteiger partial charge on any atom is -0.462 e. The van der Waals surface area contributed by atoms with Gasteiger partial charge in [0.05, 0.1) is 26.5 Å². The highest BCUT2D eigenvalue weighted by Gasteiger charge is 2.48. The molecule has 3 aromatic heterocycles. The molecule has 1 aliphatic heterocycles. The molecule has 14 heteroatoms. The molecular weight excluding hydrogens is 661 g/mol. The van der Waals surface area contributed by atoms with Gasteiger partial charge in [0, 0.05) is 16.2 Å². The normalized spacial score (nSPS) is 19.1. The van der Waals surface area contributed by atoms with Crippen LogP contribution >= 0.6 is 54.5 Å². The average molecular weight is 682 g/mol. The van der Waals surface area contributed by atoms with Crippen molar-refractivity contribution in [2.75, 3.05) is 17.2 Å². The van der Waals surface area contributed by atoms with E-state index in [9.17, 15) is 22.8 Å². The number of hydrogen-bond donors (Lipinski definition) is 2. The Bertz CT molecular complexity index is 1370. The van der Waals surface area contributed by atoms with Crippen molar-refractivity contribution in [2.45, 2.75) is 57.3 Å². The van der Waals surface area contributed by atoms with Crippen LogP contribution in [0.25, 0.3) is 0 Å². The molecule has 7 nitrogen and oxygen atoms in total. The summed E-state index contributed by atoms with van der Waals surface area (Å²) in [6.45, 7) is 1.89. The Morgan fingerprint density at radius 1 is 1.24 bits per heavy atom. The van der Waals surface area contributed by atoms with Gasteiger partial charge in [0.25, 0.3) is 5.91 Å². The van der Waals surface area contributed by atoms with Crippen LogP contribution in [0.2, 0.25) is 0 Å². The lowest BCUT2D eigenvalue weighted by molar-refractivity contribution is -0.173. The Labute approximate surface area is 235 Å². The zero-order chi connectivity index (χ0) is 26.5. The second kappa shape index (κ2) is 10.3. The molecule has 0 aromatic carbocycles. The molecule has 5 rings (SSSR count). The summed E-state index contributed by atoms with van der Waals surface area (Å²) in [5.41, 5.74) is 0.993. The lowest BCUT2D eigenvalue weighted by Crippen LogP contribution is -2.35. The van der Waals surface area contributed by atoms with Gasteiger partial charge in [0.15, 0.2) is 11.7 Å². The minimum atomic E-state index is -4.58. The quantitative estimate of drug-likeness (QED) is 0.273. The van der Waals surface area contributed by atoms with E-state index >= 15 is 0 Å². The molecular formula is C23H21Br2F3N4O3S2. The lowest BCUT2D eigenvalue weighted by atomic mass is 9.95. The first-order valence-corrected chi connectivity index (χ1v) is 14.8. The number of nitrogens with one attached hydrogen (secondary N) is 2. The number of halogens is 5. The molecule has 4 heterocycles. The first-order chi connectivity index (χ1) is 17.6. The van der Waals surface area contributed by atoms with Crippen LogP contribution in [-0.4, -0.2) is 34.4 Å². The SMILES string of the molecule is CCOC(=O)c1c(NC(=O)c2nn3c(c2Br)NC(c2ccc(Br)s2)CC3C(F)(F)F)sc2c1CCCC2. The molecule has 1 aliphatic carbocycles. The number of aryl methyl sites for hydroxylation is 1. The number of rotatable bonds is 5. The van der Waals surface area contributed by atoms with Gasteiger partial charge in [-0.15, -0.1) is 22.7 Å². The highest BCUT2D eigenvalue weighted by molar-refractivity contribution is 9.11. The Morgan fingerprint density at radius 2 is 2.00 bits per heavy atom. The van der Waals surface area contributed by atoms with Crippen molar-refractivity contribution in [2.24, 2.45) is 0 Å². The summed E-state index contributed by atoms with van der Waals surface area (Å²) in [6, 6.07) is 1.02. The second-order valence-electron chi connectivity index (χ2n) is 8.68. The van der Waals surface area contributed by atoms with E-state index < -0.39 is 30.1 Å². The number of ether oxygens (including phenoxy) is 1. The van der Waals surface area contributed by atoms with Crippen LogP contribution in [0.5, 0.6) is 0 Å². The third kappa shape index (κ3) is 5.09. The number of thiophene rings is 2. The molecule has 0 saturated carbocycles. The van der Waals surface area contributed by atoms with Crippen LogP contribution < -0.4 is 10.6 Å². The number of carbonyl (C=O) groups excluding carboxylic acids is 2. The third-order valence-electron chi connectivity index (χ3n) is 6.33. The summed E-state index contributed by atoms with van der Waals surface area (Å²) in [7, 11) is 0. The van der Waals surface area contributed by atoms with Crippen LogP contribution in [0.1, 0.15) is 74.4 Å². The predicted molar refractivity (Wildman–Crippen MR) is 143 cm³/mol. The fourth-order valence-corrected chi connectivity index (χ4v) is 7.99. The molecule has 37 heavy (non-hydrogen) atoms. The van der Waals surface area contributed by atoms with E-state index in [1.807, 2.05) is 0 Å². The van der Waals surface area contributed by atoms with E-state index in [1.165, 1.54) is 22.7 Å². The number of alkyl halides is 3. The summed E-state index contributed by atoms with van der Waals surface area (Å²) in [5, 5.41) is 10.3. The molecule has 0 spiro atoms. The van der Waals surface area contributed by atoms with Crippen molar-refractivity contribution in [1.29, 1.82) is 0 Å². The maximum Gasteiger partial charge on any atom is 0.410 e. The Kier molecular flexibility index (Phi) is 7.46. The average Bonchev–Trinajstić information content (AvgIpc) is 3.53. The van der Waals surface area contributed by atoms with Crippen LogP contribution in [0.3, 0.4) is 0 Å². The van der Waals surface area contributed by atoms with Crippen molar-refractivity contribution in [3.63, 3.8) is 0 Å². The Balaban J connectivity index is 1.50. The number of hydrogen-bond acceptors (Lipinski definition) is 7. The Morgan fingerprint density at radius 3 is 2.68 bits per heavy atom. The number of amides is 1. The van der Waals surface area contributed by atoms with E-state index in [2.05, 4.69) is 47.6 Å². The van der Waals surface area contributed by atoms with E-state index in [0.29, 0.717) is 17.0 Å². The molecule has 1 amide bonds. The molecule has 0 saturated heterocycles. The van der Waals surface area contributed by atoms with Crippen LogP contribution in [0, 0.1) is 0 Å². The number of anilines is 2. The first kappa shape index (κ1) is 26.7. The summed E-state index contributed by atoms with van der Waals surface area (Å²) < 4.78 is 49.2. The Hall–Kier alpha value is -1.90. The monoisotopic (exact) mass is 680 g/mol. The van der Waals surface area contributed by atoms with E-state index in [0.717, 1.165) is 43.0 Å². The van der Waals surface area contributed by atoms with Crippen molar-refractivity contribution >= 4 is 77.2 Å². The summed E-state index contributed by atoms with van der Waals surface area (Å²) >= 11 is 9.32. The van der Waals surface area contributed by atoms with Gasteiger partial charge in [-0.05, 0) is 82.2 Å². The standard InChI is InChI=1S/C23H21Br2F3N4O3S2/c1-2-35-22(34)16-10-5-3-4-6-12(10)37-21(16)30-20(33)18-17(25)19-29-11(13-7-8-15(24)36-13)9-14(23(26,27)28)32(19)31-18/h7-8,11,14,29H,2-6,9H2,1H3,(H,30,33). The third-order valence-corrected chi connectivity index (χ3v) is 10.0. The van der Waals surface area contributed by atoms with Crippen molar-refractivity contribution < 1.29 is 27.5 Å². The van der Waals surface area contributed by atoms with Gasteiger partial charge in [0.1, 0.15) is 10.8 Å². The molecule has 198 valence electrons. The lowest BCUT2D eigenvalue weighted by Gasteiger charge is -2.33. The van der Waals surface area contributed by atoms with Crippen LogP contribution in [-0.2, 0) is 17.6 Å². The summed E-state index contributed by atoms with van der Waals surface area (Å²) in [4.78, 5) is 27.8. The van der Waals surface area contributed by atoms with Gasteiger partial charge in [-0.25, -0.2) is 9.48 Å². The van der Waals surface area contributed by atoms with Crippen LogP contribution in [0.15, 0.2) is 20.4 Å². The molecule has 3 aromatic rings. The number of nitrogens with zero attached hydrogens (tertiary/aromatic N) is 2. The smallest absolute Gasteiger partial charge is 0.410 e.